The molecule has 0 aliphatic heterocycles. The lowest BCUT2D eigenvalue weighted by Gasteiger charge is -2.10. The van der Waals surface area contributed by atoms with E-state index in [9.17, 15) is 13.2 Å². The molecule has 3 rings (SSSR count). The molecule has 0 radical (unpaired) electrons. The number of hydrogen-bond acceptors (Lipinski definition) is 4. The molecule has 0 saturated heterocycles. The number of hydrogen-bond donors (Lipinski definition) is 1. The van der Waals surface area contributed by atoms with Crippen LogP contribution < -0.4 is 10.5 Å². The van der Waals surface area contributed by atoms with Crippen molar-refractivity contribution in [1.29, 1.82) is 0 Å². The highest BCUT2D eigenvalue weighted by Crippen LogP contribution is 2.28. The Morgan fingerprint density at radius 2 is 1.85 bits per heavy atom. The third kappa shape index (κ3) is 3.63. The van der Waals surface area contributed by atoms with Crippen molar-refractivity contribution in [3.63, 3.8) is 0 Å². The summed E-state index contributed by atoms with van der Waals surface area (Å²) in [5, 5.41) is 0.772. The van der Waals surface area contributed by atoms with Crippen LogP contribution in [-0.2, 0) is 23.1 Å². The average molecular weight is 436 g/mol. The lowest BCUT2D eigenvalue weighted by molar-refractivity contribution is 0.512. The molecular weight excluding hydrogens is 423 g/mol. The average Bonchev–Trinajstić information content (AvgIpc) is 2.87. The minimum atomic E-state index is -3.96. The van der Waals surface area contributed by atoms with Gasteiger partial charge >= 0.3 is 5.76 Å². The summed E-state index contributed by atoms with van der Waals surface area (Å²) in [5.41, 5.74) is 1.13. The Bertz CT molecular complexity index is 1150. The van der Waals surface area contributed by atoms with Gasteiger partial charge in [-0.1, -0.05) is 40.9 Å². The molecule has 0 spiro atoms. The first-order chi connectivity index (χ1) is 12.2. The number of aromatic nitrogens is 1. The maximum atomic E-state index is 12.6. The highest BCUT2D eigenvalue weighted by atomic mass is 35.5. The molecule has 1 N–H and O–H groups in total. The summed E-state index contributed by atoms with van der Waals surface area (Å²) in [6.07, 6.45) is 0. The molecule has 2 aromatic carbocycles. The van der Waals surface area contributed by atoms with E-state index in [2.05, 4.69) is 4.72 Å². The lowest BCUT2D eigenvalue weighted by Crippen LogP contribution is -2.23. The number of fused-ring (bicyclic) bond motifs is 1. The Kier molecular flexibility index (Phi) is 5.37. The van der Waals surface area contributed by atoms with E-state index in [1.807, 2.05) is 0 Å². The second kappa shape index (κ2) is 7.25. The molecule has 0 unspecified atom stereocenters. The van der Waals surface area contributed by atoms with Gasteiger partial charge in [0.2, 0.25) is 10.0 Å². The van der Waals surface area contributed by atoms with Gasteiger partial charge in [-0.15, -0.1) is 0 Å². The summed E-state index contributed by atoms with van der Waals surface area (Å²) in [5.74, 6) is -0.575. The van der Waals surface area contributed by atoms with Crippen molar-refractivity contribution in [3.05, 3.63) is 61.5 Å². The number of oxazole rings is 1. The smallest absolute Gasteiger partial charge is 0.408 e. The number of benzene rings is 2. The van der Waals surface area contributed by atoms with Gasteiger partial charge < -0.3 is 4.42 Å². The Morgan fingerprint density at radius 3 is 2.50 bits per heavy atom. The number of rotatable bonds is 5. The molecule has 0 bridgehead atoms. The van der Waals surface area contributed by atoms with E-state index in [-0.39, 0.29) is 22.0 Å². The molecule has 0 aliphatic rings. The Labute approximate surface area is 164 Å². The summed E-state index contributed by atoms with van der Waals surface area (Å²) in [4.78, 5) is 11.6. The zero-order valence-corrected chi connectivity index (χ0v) is 16.5. The maximum Gasteiger partial charge on any atom is 0.419 e. The minimum Gasteiger partial charge on any atom is -0.408 e. The summed E-state index contributed by atoms with van der Waals surface area (Å²) in [6.45, 7) is 2.10. The van der Waals surface area contributed by atoms with Crippen LogP contribution in [0.5, 0.6) is 0 Å². The van der Waals surface area contributed by atoms with Crippen molar-refractivity contribution in [2.24, 2.45) is 0 Å². The SMILES string of the molecule is CCn1c(=O)oc2cc(S(=O)(=O)NCc3ccc(Cl)cc3Cl)c(Cl)cc21. The molecule has 1 heterocycles. The van der Waals surface area contributed by atoms with E-state index in [4.69, 9.17) is 39.2 Å². The van der Waals surface area contributed by atoms with Crippen molar-refractivity contribution in [2.45, 2.75) is 24.9 Å². The quantitative estimate of drug-likeness (QED) is 0.655. The van der Waals surface area contributed by atoms with Crippen molar-refractivity contribution >= 4 is 55.9 Å². The molecule has 0 amide bonds. The van der Waals surface area contributed by atoms with Gasteiger partial charge in [0.25, 0.3) is 0 Å². The van der Waals surface area contributed by atoms with Crippen molar-refractivity contribution < 1.29 is 12.8 Å². The number of nitrogens with one attached hydrogen (secondary N) is 1. The Balaban J connectivity index is 1.96. The monoisotopic (exact) mass is 434 g/mol. The molecule has 0 aliphatic carbocycles. The topological polar surface area (TPSA) is 81.3 Å². The predicted octanol–water partition coefficient (Wildman–Crippen LogP) is 4.05. The lowest BCUT2D eigenvalue weighted by atomic mass is 10.2. The van der Waals surface area contributed by atoms with Crippen LogP contribution in [0.3, 0.4) is 0 Å². The molecule has 10 heteroatoms. The van der Waals surface area contributed by atoms with Crippen LogP contribution in [0.25, 0.3) is 11.1 Å². The number of aryl methyl sites for hydroxylation is 1. The number of halogens is 3. The highest BCUT2D eigenvalue weighted by molar-refractivity contribution is 7.89. The summed E-state index contributed by atoms with van der Waals surface area (Å²) < 4.78 is 34.1. The molecule has 138 valence electrons. The van der Waals surface area contributed by atoms with E-state index in [1.54, 1.807) is 19.1 Å². The van der Waals surface area contributed by atoms with E-state index in [1.165, 1.54) is 22.8 Å². The van der Waals surface area contributed by atoms with Crippen molar-refractivity contribution in [3.8, 4) is 0 Å². The van der Waals surface area contributed by atoms with Crippen LogP contribution in [0.15, 0.2) is 44.4 Å². The third-order valence-electron chi connectivity index (χ3n) is 3.80. The predicted molar refractivity (Wildman–Crippen MR) is 102 cm³/mol. The molecule has 6 nitrogen and oxygen atoms in total. The van der Waals surface area contributed by atoms with Crippen LogP contribution >= 0.6 is 34.8 Å². The fourth-order valence-electron chi connectivity index (χ4n) is 2.49. The fraction of sp³-hybridized carbons (Fsp3) is 0.188. The van der Waals surface area contributed by atoms with Gasteiger partial charge in [-0.05, 0) is 30.7 Å². The van der Waals surface area contributed by atoms with E-state index >= 15 is 0 Å². The minimum absolute atomic E-state index is 0.0183. The summed E-state index contributed by atoms with van der Waals surface area (Å²) in [6, 6.07) is 7.39. The maximum absolute atomic E-state index is 12.6. The molecule has 0 fully saturated rings. The van der Waals surface area contributed by atoms with E-state index in [0.29, 0.717) is 27.7 Å². The summed E-state index contributed by atoms with van der Waals surface area (Å²) >= 11 is 18.0. The first kappa shape index (κ1) is 19.3. The van der Waals surface area contributed by atoms with E-state index < -0.39 is 15.8 Å². The Hall–Kier alpha value is -1.51. The van der Waals surface area contributed by atoms with Crippen LogP contribution in [0.4, 0.5) is 0 Å². The van der Waals surface area contributed by atoms with Crippen LogP contribution in [-0.4, -0.2) is 13.0 Å². The second-order valence-electron chi connectivity index (χ2n) is 5.42. The van der Waals surface area contributed by atoms with Gasteiger partial charge in [-0.3, -0.25) is 4.57 Å². The van der Waals surface area contributed by atoms with Gasteiger partial charge in [0.15, 0.2) is 5.58 Å². The molecule has 26 heavy (non-hydrogen) atoms. The van der Waals surface area contributed by atoms with Crippen LogP contribution in [0, 0.1) is 0 Å². The largest absolute Gasteiger partial charge is 0.419 e. The molecule has 1 aromatic heterocycles. The third-order valence-corrected chi connectivity index (χ3v) is 6.25. The Morgan fingerprint density at radius 1 is 1.12 bits per heavy atom. The number of sulfonamides is 1. The van der Waals surface area contributed by atoms with Crippen LogP contribution in [0.2, 0.25) is 15.1 Å². The zero-order valence-electron chi connectivity index (χ0n) is 13.4. The number of nitrogens with zero attached hydrogens (tertiary/aromatic N) is 1. The molecule has 3 aromatic rings. The molecule has 0 atom stereocenters. The highest BCUT2D eigenvalue weighted by Gasteiger charge is 2.21. The first-order valence-corrected chi connectivity index (χ1v) is 10.1. The van der Waals surface area contributed by atoms with Crippen molar-refractivity contribution in [2.75, 3.05) is 0 Å². The van der Waals surface area contributed by atoms with Gasteiger partial charge in [0.05, 0.1) is 10.5 Å². The summed E-state index contributed by atoms with van der Waals surface area (Å²) in [7, 11) is -3.96. The second-order valence-corrected chi connectivity index (χ2v) is 8.41. The van der Waals surface area contributed by atoms with Gasteiger partial charge in [0, 0.05) is 29.2 Å². The molecular formula is C16H13Cl3N2O4S. The molecule has 0 saturated carbocycles. The normalized spacial score (nSPS) is 12.0. The fourth-order valence-corrected chi connectivity index (χ4v) is 4.50. The van der Waals surface area contributed by atoms with Gasteiger partial charge in [-0.25, -0.2) is 17.9 Å². The standard InChI is InChI=1S/C16H13Cl3N2O4S/c1-2-21-13-6-12(19)15(7-14(13)25-16(21)22)26(23,24)20-8-9-3-4-10(17)5-11(9)18/h3-7,20H,2,8H2,1H3. The first-order valence-electron chi connectivity index (χ1n) is 7.49. The van der Waals surface area contributed by atoms with E-state index in [0.717, 1.165) is 0 Å². The zero-order chi connectivity index (χ0) is 19.1. The van der Waals surface area contributed by atoms with Gasteiger partial charge in [-0.2, -0.15) is 0 Å². The van der Waals surface area contributed by atoms with Crippen molar-refractivity contribution in [1.82, 2.24) is 9.29 Å². The van der Waals surface area contributed by atoms with Gasteiger partial charge in [0.1, 0.15) is 4.90 Å². The van der Waals surface area contributed by atoms with Crippen LogP contribution in [0.1, 0.15) is 12.5 Å².